The van der Waals surface area contributed by atoms with Gasteiger partial charge in [0.05, 0.1) is 44.6 Å². The predicted octanol–water partition coefficient (Wildman–Crippen LogP) is 5.01. The zero-order valence-corrected chi connectivity index (χ0v) is 24.1. The first kappa shape index (κ1) is 27.8. The van der Waals surface area contributed by atoms with E-state index in [4.69, 9.17) is 0 Å². The van der Waals surface area contributed by atoms with E-state index in [0.29, 0.717) is 35.7 Å². The molecule has 6 rings (SSSR count). The van der Waals surface area contributed by atoms with Crippen LogP contribution < -0.4 is 0 Å². The summed E-state index contributed by atoms with van der Waals surface area (Å²) in [7, 11) is 0. The molecule has 2 aromatic heterocycles. The van der Waals surface area contributed by atoms with E-state index in [1.807, 2.05) is 110 Å². The molecule has 0 aliphatic carbocycles. The van der Waals surface area contributed by atoms with Gasteiger partial charge in [0.2, 0.25) is 0 Å². The second-order valence-corrected chi connectivity index (χ2v) is 10.7. The predicted molar refractivity (Wildman–Crippen MR) is 160 cm³/mol. The largest absolute Gasteiger partial charge is 0.325 e. The van der Waals surface area contributed by atoms with Gasteiger partial charge in [-0.1, -0.05) is 101 Å². The molecule has 10 nitrogen and oxygen atoms in total. The van der Waals surface area contributed by atoms with Crippen LogP contribution in [0.1, 0.15) is 48.0 Å². The van der Waals surface area contributed by atoms with Gasteiger partial charge >= 0.3 is 6.03 Å². The van der Waals surface area contributed by atoms with E-state index >= 15 is 0 Å². The van der Waals surface area contributed by atoms with Gasteiger partial charge in [-0.3, -0.25) is 9.69 Å². The Kier molecular flexibility index (Phi) is 7.90. The van der Waals surface area contributed by atoms with E-state index in [-0.39, 0.29) is 24.9 Å². The number of urea groups is 1. The Balaban J connectivity index is 1.31. The minimum atomic E-state index is -0.574. The maximum atomic E-state index is 14.3. The van der Waals surface area contributed by atoms with Crippen LogP contribution in [0.2, 0.25) is 0 Å². The molecule has 3 heterocycles. The topological polar surface area (TPSA) is 102 Å². The van der Waals surface area contributed by atoms with Gasteiger partial charge in [-0.05, 0) is 30.5 Å². The Hall–Kier alpha value is -5.38. The first-order valence-corrected chi connectivity index (χ1v) is 14.2. The summed E-state index contributed by atoms with van der Waals surface area (Å²) in [5, 5.41) is 17.3. The second kappa shape index (κ2) is 12.2. The zero-order chi connectivity index (χ0) is 29.8. The summed E-state index contributed by atoms with van der Waals surface area (Å²) in [4.78, 5) is 30.8. The number of nitrogens with zero attached hydrogens (tertiary/aromatic N) is 8. The van der Waals surface area contributed by atoms with Gasteiger partial charge < -0.3 is 4.90 Å². The Morgan fingerprint density at radius 2 is 1.19 bits per heavy atom. The standard InChI is InChI=1S/C33H32N8O2/c1-24-31(25(2)42)32(28-16-10-5-11-17-28)41(23-30-21-39(37-35-30)19-27-14-8-4-9-15-27)33(43)40(24)22-29-20-38(36-34-29)18-26-12-6-3-7-13-26/h3-17,20-21,32H,18-19,22-23H2,1-2H3. The molecular weight excluding hydrogens is 540 g/mol. The normalized spacial score (nSPS) is 15.3. The van der Waals surface area contributed by atoms with Gasteiger partial charge in [-0.25, -0.2) is 14.2 Å². The van der Waals surface area contributed by atoms with E-state index in [1.54, 1.807) is 26.1 Å². The Labute approximate surface area is 249 Å². The van der Waals surface area contributed by atoms with Crippen molar-refractivity contribution >= 4 is 11.8 Å². The van der Waals surface area contributed by atoms with Crippen LogP contribution in [0.5, 0.6) is 0 Å². The molecule has 1 atom stereocenters. The monoisotopic (exact) mass is 572 g/mol. The van der Waals surface area contributed by atoms with Gasteiger partial charge in [0.1, 0.15) is 11.4 Å². The Morgan fingerprint density at radius 3 is 1.70 bits per heavy atom. The molecule has 10 heteroatoms. The molecule has 216 valence electrons. The van der Waals surface area contributed by atoms with Gasteiger partial charge in [-0.2, -0.15) is 0 Å². The van der Waals surface area contributed by atoms with Crippen LogP contribution in [0.25, 0.3) is 0 Å². The van der Waals surface area contributed by atoms with Crippen molar-refractivity contribution in [3.05, 3.63) is 143 Å². The van der Waals surface area contributed by atoms with Crippen molar-refractivity contribution < 1.29 is 9.59 Å². The zero-order valence-electron chi connectivity index (χ0n) is 24.1. The molecule has 0 N–H and O–H groups in total. The lowest BCUT2D eigenvalue weighted by molar-refractivity contribution is -0.114. The average Bonchev–Trinajstić information content (AvgIpc) is 3.66. The summed E-state index contributed by atoms with van der Waals surface area (Å²) in [5.74, 6) is -0.102. The highest BCUT2D eigenvalue weighted by Gasteiger charge is 2.41. The molecule has 3 aromatic carbocycles. The molecule has 43 heavy (non-hydrogen) atoms. The van der Waals surface area contributed by atoms with Crippen molar-refractivity contribution in [2.24, 2.45) is 0 Å². The van der Waals surface area contributed by atoms with E-state index in [9.17, 15) is 9.59 Å². The number of amides is 2. The first-order valence-electron chi connectivity index (χ1n) is 14.2. The maximum absolute atomic E-state index is 14.3. The molecule has 0 saturated heterocycles. The fourth-order valence-corrected chi connectivity index (χ4v) is 5.54. The molecule has 1 aliphatic heterocycles. The number of hydrogen-bond donors (Lipinski definition) is 0. The first-order chi connectivity index (χ1) is 21.0. The third-order valence-electron chi connectivity index (χ3n) is 7.55. The van der Waals surface area contributed by atoms with Crippen molar-refractivity contribution in [2.45, 2.75) is 46.1 Å². The fourth-order valence-electron chi connectivity index (χ4n) is 5.54. The third kappa shape index (κ3) is 6.13. The maximum Gasteiger partial charge on any atom is 0.325 e. The molecule has 1 aliphatic rings. The number of rotatable bonds is 10. The third-order valence-corrected chi connectivity index (χ3v) is 7.55. The highest BCUT2D eigenvalue weighted by atomic mass is 16.2. The molecule has 1 unspecified atom stereocenters. The van der Waals surface area contributed by atoms with Crippen LogP contribution in [0, 0.1) is 0 Å². The van der Waals surface area contributed by atoms with Crippen LogP contribution in [-0.4, -0.2) is 51.6 Å². The Bertz CT molecular complexity index is 1750. The SMILES string of the molecule is CC(=O)C1=C(C)N(Cc2cn(Cc3ccccc3)nn2)C(=O)N(Cc2cn(Cc3ccccc3)nn2)C1c1ccccc1. The van der Waals surface area contributed by atoms with Gasteiger partial charge in [0.25, 0.3) is 0 Å². The molecule has 0 radical (unpaired) electrons. The minimum absolute atomic E-state index is 0.102. The lowest BCUT2D eigenvalue weighted by Crippen LogP contribution is -2.49. The smallest absolute Gasteiger partial charge is 0.307 e. The summed E-state index contributed by atoms with van der Waals surface area (Å²) in [5.41, 5.74) is 5.46. The van der Waals surface area contributed by atoms with Crippen LogP contribution in [-0.2, 0) is 31.0 Å². The van der Waals surface area contributed by atoms with E-state index < -0.39 is 6.04 Å². The van der Waals surface area contributed by atoms with Crippen LogP contribution >= 0.6 is 0 Å². The summed E-state index contributed by atoms with van der Waals surface area (Å²) in [6.07, 6.45) is 3.68. The van der Waals surface area contributed by atoms with Crippen LogP contribution in [0.3, 0.4) is 0 Å². The molecule has 0 bridgehead atoms. The number of ketones is 1. The highest BCUT2D eigenvalue weighted by molar-refractivity contribution is 5.98. The molecular formula is C33H32N8O2. The molecule has 0 spiro atoms. The molecule has 5 aromatic rings. The summed E-state index contributed by atoms with van der Waals surface area (Å²) in [6.45, 7) is 4.85. The molecule has 0 fully saturated rings. The number of hydrogen-bond acceptors (Lipinski definition) is 6. The van der Waals surface area contributed by atoms with Crippen molar-refractivity contribution in [1.82, 2.24) is 39.8 Å². The van der Waals surface area contributed by atoms with Gasteiger partial charge in [0.15, 0.2) is 5.78 Å². The number of aromatic nitrogens is 6. The van der Waals surface area contributed by atoms with Crippen molar-refractivity contribution in [3.63, 3.8) is 0 Å². The van der Waals surface area contributed by atoms with Crippen molar-refractivity contribution in [2.75, 3.05) is 0 Å². The number of carbonyl (C=O) groups is 2. The number of carbonyl (C=O) groups excluding carboxylic acids is 2. The van der Waals surface area contributed by atoms with Crippen LogP contribution in [0.15, 0.2) is 115 Å². The van der Waals surface area contributed by atoms with E-state index in [2.05, 4.69) is 20.6 Å². The second-order valence-electron chi connectivity index (χ2n) is 10.7. The molecule has 0 saturated carbocycles. The fraction of sp³-hybridized carbons (Fsp3) is 0.212. The van der Waals surface area contributed by atoms with E-state index in [0.717, 1.165) is 16.7 Å². The summed E-state index contributed by atoms with van der Waals surface area (Å²) >= 11 is 0. The summed E-state index contributed by atoms with van der Waals surface area (Å²) < 4.78 is 3.51. The Morgan fingerprint density at radius 1 is 0.698 bits per heavy atom. The number of allylic oxidation sites excluding steroid dienone is 1. The van der Waals surface area contributed by atoms with Gasteiger partial charge in [0, 0.05) is 11.3 Å². The quantitative estimate of drug-likeness (QED) is 0.233. The molecule has 2 amide bonds. The van der Waals surface area contributed by atoms with Gasteiger partial charge in [-0.15, -0.1) is 10.2 Å². The lowest BCUT2D eigenvalue weighted by Gasteiger charge is -2.42. The number of benzene rings is 3. The van der Waals surface area contributed by atoms with Crippen LogP contribution in [0.4, 0.5) is 4.79 Å². The van der Waals surface area contributed by atoms with Crippen molar-refractivity contribution in [1.29, 1.82) is 0 Å². The van der Waals surface area contributed by atoms with Crippen molar-refractivity contribution in [3.8, 4) is 0 Å². The highest BCUT2D eigenvalue weighted by Crippen LogP contribution is 2.39. The summed E-state index contributed by atoms with van der Waals surface area (Å²) in [6, 6.07) is 28.8. The number of Topliss-reactive ketones (excluding diaryl/α,β-unsaturated/α-hetero) is 1. The van der Waals surface area contributed by atoms with E-state index in [1.165, 1.54) is 0 Å². The lowest BCUT2D eigenvalue weighted by atomic mass is 9.90. The minimum Gasteiger partial charge on any atom is -0.307 e. The average molecular weight is 573 g/mol.